The van der Waals surface area contributed by atoms with Gasteiger partial charge in [0.2, 0.25) is 0 Å². The number of aryl methyl sites for hydroxylation is 1. The molecule has 2 aromatic carbocycles. The first-order valence-corrected chi connectivity index (χ1v) is 10.3. The van der Waals surface area contributed by atoms with E-state index in [-0.39, 0.29) is 23.8 Å². The van der Waals surface area contributed by atoms with Gasteiger partial charge in [-0.2, -0.15) is 5.26 Å². The molecular formula is C24H23FN4O2. The summed E-state index contributed by atoms with van der Waals surface area (Å²) in [7, 11) is 0. The monoisotopic (exact) mass is 418 g/mol. The number of nitriles is 1. The van der Waals surface area contributed by atoms with Gasteiger partial charge in [-0.1, -0.05) is 30.3 Å². The molecule has 4 rings (SSSR count). The second-order valence-electron chi connectivity index (χ2n) is 7.63. The van der Waals surface area contributed by atoms with Crippen LogP contribution in [0.2, 0.25) is 0 Å². The third-order valence-corrected chi connectivity index (χ3v) is 5.68. The number of amides is 1. The summed E-state index contributed by atoms with van der Waals surface area (Å²) in [6.45, 7) is 2.81. The number of hydrogen-bond acceptors (Lipinski definition) is 4. The topological polar surface area (TPSA) is 69.3 Å². The zero-order chi connectivity index (χ0) is 21.8. The summed E-state index contributed by atoms with van der Waals surface area (Å²) in [5, 5.41) is 9.78. The molecule has 0 atom stereocenters. The van der Waals surface area contributed by atoms with Gasteiger partial charge in [0.15, 0.2) is 5.78 Å². The van der Waals surface area contributed by atoms with E-state index in [0.29, 0.717) is 44.7 Å². The smallest absolute Gasteiger partial charge is 0.256 e. The first kappa shape index (κ1) is 20.8. The molecule has 7 heteroatoms. The molecule has 0 spiro atoms. The van der Waals surface area contributed by atoms with Crippen molar-refractivity contribution in [2.24, 2.45) is 0 Å². The van der Waals surface area contributed by atoms with Crippen molar-refractivity contribution in [1.82, 2.24) is 14.4 Å². The average Bonchev–Trinajstić information content (AvgIpc) is 3.17. The third kappa shape index (κ3) is 4.35. The van der Waals surface area contributed by atoms with Crippen molar-refractivity contribution in [1.29, 1.82) is 5.26 Å². The van der Waals surface area contributed by atoms with Crippen LogP contribution < -0.4 is 0 Å². The van der Waals surface area contributed by atoms with Gasteiger partial charge in [-0.15, -0.1) is 0 Å². The van der Waals surface area contributed by atoms with E-state index in [0.717, 1.165) is 10.9 Å². The standard InChI is InChI=1S/C24H23FN4O2/c25-21-8-3-1-7-19(21)24(31)28-14-12-27(13-15-28)17-23(30)20-16-29(11-5-10-26)22-9-4-2-6-18(20)22/h1-4,6-9,16H,5,11-15,17H2. The van der Waals surface area contributed by atoms with E-state index in [1.165, 1.54) is 12.1 Å². The quantitative estimate of drug-likeness (QED) is 0.576. The number of rotatable bonds is 6. The van der Waals surface area contributed by atoms with Gasteiger partial charge in [-0.25, -0.2) is 4.39 Å². The first-order chi connectivity index (χ1) is 15.1. The molecular weight excluding hydrogens is 395 g/mol. The summed E-state index contributed by atoms with van der Waals surface area (Å²) < 4.78 is 15.9. The number of nitrogens with zero attached hydrogens (tertiary/aromatic N) is 4. The molecule has 1 aliphatic rings. The predicted molar refractivity (Wildman–Crippen MR) is 115 cm³/mol. The third-order valence-electron chi connectivity index (χ3n) is 5.68. The Balaban J connectivity index is 1.41. The molecule has 158 valence electrons. The molecule has 0 bridgehead atoms. The molecule has 1 aliphatic heterocycles. The summed E-state index contributed by atoms with van der Waals surface area (Å²) in [5.41, 5.74) is 1.68. The minimum Gasteiger partial charge on any atom is -0.346 e. The van der Waals surface area contributed by atoms with Crippen LogP contribution in [0.15, 0.2) is 54.7 Å². The average molecular weight is 418 g/mol. The van der Waals surface area contributed by atoms with Gasteiger partial charge in [-0.05, 0) is 18.2 Å². The van der Waals surface area contributed by atoms with Crippen molar-refractivity contribution in [2.45, 2.75) is 13.0 Å². The first-order valence-electron chi connectivity index (χ1n) is 10.3. The second-order valence-corrected chi connectivity index (χ2v) is 7.63. The van der Waals surface area contributed by atoms with Gasteiger partial charge in [0, 0.05) is 55.4 Å². The molecule has 1 aromatic heterocycles. The largest absolute Gasteiger partial charge is 0.346 e. The van der Waals surface area contributed by atoms with E-state index in [1.807, 2.05) is 39.9 Å². The lowest BCUT2D eigenvalue weighted by molar-refractivity contribution is 0.0620. The van der Waals surface area contributed by atoms with Crippen LogP contribution in [0.1, 0.15) is 27.1 Å². The number of benzene rings is 2. The second kappa shape index (κ2) is 9.11. The van der Waals surface area contributed by atoms with Gasteiger partial charge in [-0.3, -0.25) is 14.5 Å². The molecule has 1 fully saturated rings. The normalized spacial score (nSPS) is 14.5. The lowest BCUT2D eigenvalue weighted by Gasteiger charge is -2.34. The Morgan fingerprint density at radius 2 is 1.68 bits per heavy atom. The Morgan fingerprint density at radius 1 is 0.968 bits per heavy atom. The number of ketones is 1. The summed E-state index contributed by atoms with van der Waals surface area (Å²) in [5.74, 6) is -0.816. The number of Topliss-reactive ketones (excluding diaryl/α,β-unsaturated/α-hetero) is 1. The van der Waals surface area contributed by atoms with Crippen molar-refractivity contribution >= 4 is 22.6 Å². The Morgan fingerprint density at radius 3 is 2.42 bits per heavy atom. The molecule has 0 N–H and O–H groups in total. The zero-order valence-corrected chi connectivity index (χ0v) is 17.1. The molecule has 0 aliphatic carbocycles. The van der Waals surface area contributed by atoms with Crippen LogP contribution in [-0.4, -0.2) is 58.8 Å². The predicted octanol–water partition coefficient (Wildman–Crippen LogP) is 3.33. The number of halogens is 1. The van der Waals surface area contributed by atoms with E-state index in [2.05, 4.69) is 6.07 Å². The maximum absolute atomic E-state index is 13.9. The maximum Gasteiger partial charge on any atom is 0.256 e. The molecule has 1 saturated heterocycles. The summed E-state index contributed by atoms with van der Waals surface area (Å²) in [6, 6.07) is 15.8. The maximum atomic E-state index is 13.9. The molecule has 0 radical (unpaired) electrons. The fourth-order valence-corrected chi connectivity index (χ4v) is 4.03. The Labute approximate surface area is 180 Å². The number of carbonyl (C=O) groups excluding carboxylic acids is 2. The van der Waals surface area contributed by atoms with Crippen molar-refractivity contribution in [3.63, 3.8) is 0 Å². The minimum atomic E-state index is -0.516. The van der Waals surface area contributed by atoms with Crippen molar-refractivity contribution in [3.8, 4) is 6.07 Å². The van der Waals surface area contributed by atoms with Gasteiger partial charge in [0.25, 0.3) is 5.91 Å². The number of piperazine rings is 1. The van der Waals surface area contributed by atoms with Crippen molar-refractivity contribution in [3.05, 3.63) is 71.7 Å². The molecule has 1 amide bonds. The molecule has 6 nitrogen and oxygen atoms in total. The van der Waals surface area contributed by atoms with E-state index in [1.54, 1.807) is 17.0 Å². The van der Waals surface area contributed by atoms with E-state index in [4.69, 9.17) is 5.26 Å². The summed E-state index contributed by atoms with van der Waals surface area (Å²) in [6.07, 6.45) is 2.21. The number of carbonyl (C=O) groups is 2. The fourth-order valence-electron chi connectivity index (χ4n) is 4.03. The van der Waals surface area contributed by atoms with Crippen LogP contribution in [-0.2, 0) is 6.54 Å². The van der Waals surface area contributed by atoms with Crippen LogP contribution in [0.4, 0.5) is 4.39 Å². The van der Waals surface area contributed by atoms with Crippen LogP contribution in [0.25, 0.3) is 10.9 Å². The van der Waals surface area contributed by atoms with Gasteiger partial charge in [0.05, 0.1) is 24.6 Å². The molecule has 0 saturated carbocycles. The summed E-state index contributed by atoms with van der Waals surface area (Å²) in [4.78, 5) is 29.3. The summed E-state index contributed by atoms with van der Waals surface area (Å²) >= 11 is 0. The van der Waals surface area contributed by atoms with Crippen LogP contribution in [0, 0.1) is 17.1 Å². The van der Waals surface area contributed by atoms with E-state index in [9.17, 15) is 14.0 Å². The molecule has 3 aromatic rings. The number of para-hydroxylation sites is 1. The van der Waals surface area contributed by atoms with E-state index < -0.39 is 5.82 Å². The number of hydrogen-bond donors (Lipinski definition) is 0. The molecule has 31 heavy (non-hydrogen) atoms. The fraction of sp³-hybridized carbons (Fsp3) is 0.292. The van der Waals surface area contributed by atoms with Gasteiger partial charge < -0.3 is 9.47 Å². The van der Waals surface area contributed by atoms with Crippen LogP contribution >= 0.6 is 0 Å². The van der Waals surface area contributed by atoms with Crippen molar-refractivity contribution in [2.75, 3.05) is 32.7 Å². The van der Waals surface area contributed by atoms with Crippen molar-refractivity contribution < 1.29 is 14.0 Å². The van der Waals surface area contributed by atoms with Crippen LogP contribution in [0.3, 0.4) is 0 Å². The zero-order valence-electron chi connectivity index (χ0n) is 17.1. The molecule has 0 unspecified atom stereocenters. The SMILES string of the molecule is N#CCCn1cc(C(=O)CN2CCN(C(=O)c3ccccc3F)CC2)c2ccccc21. The Hall–Kier alpha value is -3.50. The van der Waals surface area contributed by atoms with Gasteiger partial charge in [0.1, 0.15) is 5.82 Å². The highest BCUT2D eigenvalue weighted by Gasteiger charge is 2.26. The highest BCUT2D eigenvalue weighted by atomic mass is 19.1. The van der Waals surface area contributed by atoms with Crippen LogP contribution in [0.5, 0.6) is 0 Å². The Bertz CT molecular complexity index is 1160. The van der Waals surface area contributed by atoms with E-state index >= 15 is 0 Å². The number of aromatic nitrogens is 1. The highest BCUT2D eigenvalue weighted by Crippen LogP contribution is 2.23. The van der Waals surface area contributed by atoms with Gasteiger partial charge >= 0.3 is 0 Å². The number of fused-ring (bicyclic) bond motifs is 1. The lowest BCUT2D eigenvalue weighted by atomic mass is 10.1. The Kier molecular flexibility index (Phi) is 6.10. The lowest BCUT2D eigenvalue weighted by Crippen LogP contribution is -2.50. The minimum absolute atomic E-state index is 0.0146. The highest BCUT2D eigenvalue weighted by molar-refractivity contribution is 6.09. The molecule has 2 heterocycles.